The first-order chi connectivity index (χ1) is 11.5. The number of aryl methyl sites for hydroxylation is 1. The fraction of sp³-hybridized carbons (Fsp3) is 0.389. The molecule has 1 aliphatic heterocycles. The van der Waals surface area contributed by atoms with Gasteiger partial charge in [-0.3, -0.25) is 4.79 Å². The van der Waals surface area contributed by atoms with E-state index < -0.39 is 9.84 Å². The Bertz CT molecular complexity index is 769. The number of nitrogens with zero attached hydrogens (tertiary/aromatic N) is 1. The number of carbonyl (C=O) groups excluding carboxylic acids is 1. The van der Waals surface area contributed by atoms with Crippen molar-refractivity contribution in [2.75, 3.05) is 11.5 Å². The summed E-state index contributed by atoms with van der Waals surface area (Å²) in [6.45, 7) is 0.320. The molecule has 1 aromatic carbocycles. The van der Waals surface area contributed by atoms with Crippen molar-refractivity contribution in [2.24, 2.45) is 0 Å². The Hall–Kier alpha value is -2.08. The molecule has 0 N–H and O–H groups in total. The fourth-order valence-corrected chi connectivity index (χ4v) is 4.78. The van der Waals surface area contributed by atoms with Gasteiger partial charge in [0.2, 0.25) is 5.91 Å². The molecule has 0 saturated carbocycles. The first-order valence-electron chi connectivity index (χ1n) is 8.10. The van der Waals surface area contributed by atoms with Crippen molar-refractivity contribution >= 4 is 15.7 Å². The van der Waals surface area contributed by atoms with Crippen LogP contribution in [0, 0.1) is 0 Å². The summed E-state index contributed by atoms with van der Waals surface area (Å²) in [5, 5.41) is 0. The minimum absolute atomic E-state index is 0.0302. The number of furan rings is 1. The molecule has 1 amide bonds. The van der Waals surface area contributed by atoms with Crippen molar-refractivity contribution in [3.8, 4) is 0 Å². The van der Waals surface area contributed by atoms with E-state index in [0.29, 0.717) is 31.6 Å². The van der Waals surface area contributed by atoms with Crippen molar-refractivity contribution < 1.29 is 17.6 Å². The Morgan fingerprint density at radius 1 is 1.17 bits per heavy atom. The summed E-state index contributed by atoms with van der Waals surface area (Å²) in [4.78, 5) is 14.4. The molecule has 2 aromatic rings. The first-order valence-corrected chi connectivity index (χ1v) is 9.92. The number of hydrogen-bond acceptors (Lipinski definition) is 4. The van der Waals surface area contributed by atoms with E-state index in [1.807, 2.05) is 30.3 Å². The van der Waals surface area contributed by atoms with Crippen LogP contribution >= 0.6 is 0 Å². The van der Waals surface area contributed by atoms with Crippen LogP contribution in [0.4, 0.5) is 0 Å². The number of sulfone groups is 1. The number of hydrogen-bond donors (Lipinski definition) is 0. The molecule has 6 heteroatoms. The van der Waals surface area contributed by atoms with E-state index in [9.17, 15) is 13.2 Å². The lowest BCUT2D eigenvalue weighted by molar-refractivity contribution is -0.134. The number of carbonyl (C=O) groups is 1. The fourth-order valence-electron chi connectivity index (χ4n) is 3.05. The zero-order chi connectivity index (χ0) is 17.0. The van der Waals surface area contributed by atoms with Gasteiger partial charge in [-0.1, -0.05) is 30.3 Å². The summed E-state index contributed by atoms with van der Waals surface area (Å²) in [5.74, 6) is 0.841. The van der Waals surface area contributed by atoms with Crippen LogP contribution in [0.5, 0.6) is 0 Å². The van der Waals surface area contributed by atoms with Crippen LogP contribution in [0.25, 0.3) is 0 Å². The lowest BCUT2D eigenvalue weighted by Crippen LogP contribution is -2.40. The summed E-state index contributed by atoms with van der Waals surface area (Å²) >= 11 is 0. The van der Waals surface area contributed by atoms with Gasteiger partial charge in [-0.25, -0.2) is 8.42 Å². The van der Waals surface area contributed by atoms with Gasteiger partial charge in [-0.15, -0.1) is 0 Å². The monoisotopic (exact) mass is 347 g/mol. The second-order valence-electron chi connectivity index (χ2n) is 6.14. The predicted molar refractivity (Wildman–Crippen MR) is 91.1 cm³/mol. The SMILES string of the molecule is O=C(CCc1ccccc1)N(Cc1ccco1)[C@@H]1CCS(=O)(=O)C1. The van der Waals surface area contributed by atoms with E-state index in [4.69, 9.17) is 4.42 Å². The van der Waals surface area contributed by atoms with Crippen LogP contribution in [0.2, 0.25) is 0 Å². The summed E-state index contributed by atoms with van der Waals surface area (Å²) in [6.07, 6.45) is 3.07. The first kappa shape index (κ1) is 16.8. The van der Waals surface area contributed by atoms with E-state index in [2.05, 4.69) is 0 Å². The number of rotatable bonds is 6. The van der Waals surface area contributed by atoms with Gasteiger partial charge in [0.15, 0.2) is 9.84 Å². The predicted octanol–water partition coefficient (Wildman–Crippen LogP) is 2.43. The Morgan fingerprint density at radius 3 is 2.58 bits per heavy atom. The van der Waals surface area contributed by atoms with E-state index >= 15 is 0 Å². The van der Waals surface area contributed by atoms with E-state index in [0.717, 1.165) is 5.56 Å². The summed E-state index contributed by atoms with van der Waals surface area (Å²) in [5.41, 5.74) is 1.10. The highest BCUT2D eigenvalue weighted by Gasteiger charge is 2.34. The van der Waals surface area contributed by atoms with Crippen LogP contribution in [0.15, 0.2) is 53.1 Å². The molecule has 0 bridgehead atoms. The Kier molecular flexibility index (Phi) is 5.04. The Balaban J connectivity index is 1.70. The molecule has 0 aliphatic carbocycles. The summed E-state index contributed by atoms with van der Waals surface area (Å²) in [7, 11) is -3.04. The van der Waals surface area contributed by atoms with Gasteiger partial charge in [-0.2, -0.15) is 0 Å². The smallest absolute Gasteiger partial charge is 0.223 e. The molecule has 2 heterocycles. The molecule has 1 aromatic heterocycles. The minimum Gasteiger partial charge on any atom is -0.467 e. The average molecular weight is 347 g/mol. The molecule has 0 spiro atoms. The van der Waals surface area contributed by atoms with Crippen molar-refractivity contribution in [3.63, 3.8) is 0 Å². The maximum Gasteiger partial charge on any atom is 0.223 e. The number of amides is 1. The molecule has 3 rings (SSSR count). The topological polar surface area (TPSA) is 67.6 Å². The molecule has 1 aliphatic rings. The van der Waals surface area contributed by atoms with E-state index in [-0.39, 0.29) is 23.5 Å². The van der Waals surface area contributed by atoms with Crippen LogP contribution in [0.1, 0.15) is 24.2 Å². The zero-order valence-electron chi connectivity index (χ0n) is 13.4. The molecule has 1 atom stereocenters. The van der Waals surface area contributed by atoms with Crippen LogP contribution < -0.4 is 0 Å². The van der Waals surface area contributed by atoms with Gasteiger partial charge in [0, 0.05) is 12.5 Å². The van der Waals surface area contributed by atoms with Crippen LogP contribution in [0.3, 0.4) is 0 Å². The molecule has 1 fully saturated rings. The molecule has 24 heavy (non-hydrogen) atoms. The molecule has 128 valence electrons. The molecule has 5 nitrogen and oxygen atoms in total. The van der Waals surface area contributed by atoms with Gasteiger partial charge in [-0.05, 0) is 30.5 Å². The normalized spacial score (nSPS) is 19.2. The van der Waals surface area contributed by atoms with Crippen molar-refractivity contribution in [1.29, 1.82) is 0 Å². The summed E-state index contributed by atoms with van der Waals surface area (Å²) in [6, 6.07) is 13.1. The van der Waals surface area contributed by atoms with E-state index in [1.54, 1.807) is 23.3 Å². The molecule has 0 unspecified atom stereocenters. The highest BCUT2D eigenvalue weighted by atomic mass is 32.2. The van der Waals surface area contributed by atoms with Gasteiger partial charge in [0.05, 0.1) is 24.3 Å². The third-order valence-corrected chi connectivity index (χ3v) is 6.10. The average Bonchev–Trinajstić information content (AvgIpc) is 3.20. The Labute approximate surface area is 142 Å². The number of benzene rings is 1. The lowest BCUT2D eigenvalue weighted by atomic mass is 10.1. The van der Waals surface area contributed by atoms with Crippen LogP contribution in [-0.2, 0) is 27.6 Å². The Morgan fingerprint density at radius 2 is 1.96 bits per heavy atom. The van der Waals surface area contributed by atoms with Gasteiger partial charge in [0.25, 0.3) is 0 Å². The zero-order valence-corrected chi connectivity index (χ0v) is 14.2. The highest BCUT2D eigenvalue weighted by molar-refractivity contribution is 7.91. The maximum atomic E-state index is 12.7. The van der Waals surface area contributed by atoms with Gasteiger partial charge < -0.3 is 9.32 Å². The van der Waals surface area contributed by atoms with Crippen molar-refractivity contribution in [3.05, 3.63) is 60.1 Å². The van der Waals surface area contributed by atoms with Gasteiger partial charge >= 0.3 is 0 Å². The van der Waals surface area contributed by atoms with E-state index in [1.165, 1.54) is 0 Å². The summed E-state index contributed by atoms with van der Waals surface area (Å²) < 4.78 is 28.9. The molecule has 0 radical (unpaired) electrons. The van der Waals surface area contributed by atoms with Crippen molar-refractivity contribution in [1.82, 2.24) is 4.90 Å². The lowest BCUT2D eigenvalue weighted by Gasteiger charge is -2.27. The minimum atomic E-state index is -3.04. The standard InChI is InChI=1S/C18H21NO4S/c20-18(9-8-15-5-2-1-3-6-15)19(13-17-7-4-11-23-17)16-10-12-24(21,22)14-16/h1-7,11,16H,8-10,12-14H2/t16-/m1/s1. The van der Waals surface area contributed by atoms with Crippen LogP contribution in [-0.4, -0.2) is 36.8 Å². The third kappa shape index (κ3) is 4.26. The molecular weight excluding hydrogens is 326 g/mol. The molecular formula is C18H21NO4S. The quantitative estimate of drug-likeness (QED) is 0.805. The second-order valence-corrected chi connectivity index (χ2v) is 8.37. The highest BCUT2D eigenvalue weighted by Crippen LogP contribution is 2.21. The van der Waals surface area contributed by atoms with Gasteiger partial charge in [0.1, 0.15) is 5.76 Å². The molecule has 1 saturated heterocycles. The maximum absolute atomic E-state index is 12.7. The largest absolute Gasteiger partial charge is 0.467 e. The second kappa shape index (κ2) is 7.21. The third-order valence-electron chi connectivity index (χ3n) is 4.35. The van der Waals surface area contributed by atoms with Crippen molar-refractivity contribution in [2.45, 2.75) is 31.8 Å².